The zero-order chi connectivity index (χ0) is 9.97. The summed E-state index contributed by atoms with van der Waals surface area (Å²) >= 11 is 0. The highest BCUT2D eigenvalue weighted by molar-refractivity contribution is 5.47. The van der Waals surface area contributed by atoms with Gasteiger partial charge in [0.15, 0.2) is 0 Å². The van der Waals surface area contributed by atoms with Crippen molar-refractivity contribution in [2.75, 3.05) is 18.0 Å². The van der Waals surface area contributed by atoms with Gasteiger partial charge >= 0.3 is 0 Å². The molecule has 0 saturated carbocycles. The van der Waals surface area contributed by atoms with Crippen LogP contribution in [0.3, 0.4) is 0 Å². The average molecular weight is 193 g/mol. The van der Waals surface area contributed by atoms with Gasteiger partial charge in [0, 0.05) is 25.2 Å². The largest absolute Gasteiger partial charge is 0.367 e. The standard InChI is InChI=1S/C11H14FN2/c12-10-5-1-2-6-11(10)14-7-3-4-9(13)8-14/h1-2,5,9H,3-4,7-8,13H2/t9-/m1/s1. The van der Waals surface area contributed by atoms with Crippen LogP contribution in [0.4, 0.5) is 10.1 Å². The Kier molecular flexibility index (Phi) is 2.68. The van der Waals surface area contributed by atoms with Crippen molar-refractivity contribution in [3.8, 4) is 0 Å². The quantitative estimate of drug-likeness (QED) is 0.733. The fourth-order valence-corrected chi connectivity index (χ4v) is 1.86. The number of piperidine rings is 1. The molecule has 1 aromatic carbocycles. The zero-order valence-corrected chi connectivity index (χ0v) is 8.04. The lowest BCUT2D eigenvalue weighted by atomic mass is 10.1. The Balaban J connectivity index is 2.18. The SMILES string of the molecule is N[C@@H]1CCCN(c2[c]cccc2F)C1. The number of halogens is 1. The van der Waals surface area contributed by atoms with Crippen LogP contribution in [0.15, 0.2) is 18.2 Å². The van der Waals surface area contributed by atoms with Gasteiger partial charge in [-0.1, -0.05) is 12.1 Å². The summed E-state index contributed by atoms with van der Waals surface area (Å²) in [5.41, 5.74) is 6.39. The second-order valence-electron chi connectivity index (χ2n) is 3.71. The third kappa shape index (κ3) is 1.87. The van der Waals surface area contributed by atoms with E-state index in [9.17, 15) is 4.39 Å². The molecule has 1 fully saturated rings. The maximum atomic E-state index is 13.4. The van der Waals surface area contributed by atoms with Crippen molar-refractivity contribution < 1.29 is 4.39 Å². The third-order valence-corrected chi connectivity index (χ3v) is 2.56. The van der Waals surface area contributed by atoms with Gasteiger partial charge in [0.2, 0.25) is 0 Å². The van der Waals surface area contributed by atoms with Gasteiger partial charge in [-0.3, -0.25) is 0 Å². The molecule has 0 spiro atoms. The van der Waals surface area contributed by atoms with Crippen LogP contribution in [0.25, 0.3) is 0 Å². The van der Waals surface area contributed by atoms with E-state index in [1.807, 2.05) is 4.90 Å². The topological polar surface area (TPSA) is 29.3 Å². The minimum atomic E-state index is -0.207. The first kappa shape index (κ1) is 9.46. The van der Waals surface area contributed by atoms with Crippen LogP contribution in [-0.4, -0.2) is 19.1 Å². The van der Waals surface area contributed by atoms with E-state index in [1.54, 1.807) is 12.1 Å². The summed E-state index contributed by atoms with van der Waals surface area (Å²) < 4.78 is 13.4. The van der Waals surface area contributed by atoms with E-state index in [4.69, 9.17) is 5.73 Å². The molecule has 0 aromatic heterocycles. The lowest BCUT2D eigenvalue weighted by Gasteiger charge is -2.32. The van der Waals surface area contributed by atoms with Crippen LogP contribution in [0, 0.1) is 11.9 Å². The highest BCUT2D eigenvalue weighted by atomic mass is 19.1. The predicted molar refractivity (Wildman–Crippen MR) is 54.7 cm³/mol. The van der Waals surface area contributed by atoms with Crippen LogP contribution in [0.2, 0.25) is 0 Å². The molecular formula is C11H14FN2. The maximum Gasteiger partial charge on any atom is 0.147 e. The van der Waals surface area contributed by atoms with Gasteiger partial charge in [0.25, 0.3) is 0 Å². The smallest absolute Gasteiger partial charge is 0.147 e. The van der Waals surface area contributed by atoms with Crippen molar-refractivity contribution in [1.29, 1.82) is 0 Å². The third-order valence-electron chi connectivity index (χ3n) is 2.56. The Morgan fingerprint density at radius 1 is 1.57 bits per heavy atom. The Bertz CT molecular complexity index is 314. The van der Waals surface area contributed by atoms with E-state index in [0.717, 1.165) is 25.9 Å². The molecule has 1 saturated heterocycles. The second-order valence-corrected chi connectivity index (χ2v) is 3.71. The van der Waals surface area contributed by atoms with E-state index in [-0.39, 0.29) is 11.9 Å². The summed E-state index contributed by atoms with van der Waals surface area (Å²) in [5, 5.41) is 0. The first-order chi connectivity index (χ1) is 6.77. The molecule has 1 radical (unpaired) electrons. The second kappa shape index (κ2) is 3.96. The molecule has 3 heteroatoms. The number of benzene rings is 1. The molecule has 1 heterocycles. The van der Waals surface area contributed by atoms with Crippen LogP contribution in [-0.2, 0) is 0 Å². The fraction of sp³-hybridized carbons (Fsp3) is 0.455. The van der Waals surface area contributed by atoms with Gasteiger partial charge < -0.3 is 10.6 Å². The number of hydrogen-bond acceptors (Lipinski definition) is 2. The minimum Gasteiger partial charge on any atom is -0.367 e. The average Bonchev–Trinajstić information content (AvgIpc) is 2.18. The zero-order valence-electron chi connectivity index (χ0n) is 8.04. The van der Waals surface area contributed by atoms with Crippen LogP contribution >= 0.6 is 0 Å². The maximum absolute atomic E-state index is 13.4. The summed E-state index contributed by atoms with van der Waals surface area (Å²) in [6, 6.07) is 7.94. The molecule has 0 bridgehead atoms. The normalized spacial score (nSPS) is 22.4. The van der Waals surface area contributed by atoms with Crippen molar-refractivity contribution in [3.63, 3.8) is 0 Å². The fourth-order valence-electron chi connectivity index (χ4n) is 1.86. The highest BCUT2D eigenvalue weighted by Crippen LogP contribution is 2.21. The van der Waals surface area contributed by atoms with Crippen molar-refractivity contribution in [3.05, 3.63) is 30.1 Å². The monoisotopic (exact) mass is 193 g/mol. The van der Waals surface area contributed by atoms with Gasteiger partial charge in [0.1, 0.15) is 5.82 Å². The van der Waals surface area contributed by atoms with Crippen molar-refractivity contribution in [1.82, 2.24) is 0 Å². The summed E-state index contributed by atoms with van der Waals surface area (Å²) in [4.78, 5) is 1.98. The first-order valence-electron chi connectivity index (χ1n) is 4.94. The molecule has 2 nitrogen and oxygen atoms in total. The van der Waals surface area contributed by atoms with Gasteiger partial charge in [-0.05, 0) is 18.9 Å². The molecule has 1 atom stereocenters. The van der Waals surface area contributed by atoms with Crippen LogP contribution in [0.5, 0.6) is 0 Å². The highest BCUT2D eigenvalue weighted by Gasteiger charge is 2.18. The van der Waals surface area contributed by atoms with Crippen molar-refractivity contribution in [2.45, 2.75) is 18.9 Å². The summed E-state index contributed by atoms with van der Waals surface area (Å²) in [6.45, 7) is 1.61. The number of rotatable bonds is 1. The van der Waals surface area contributed by atoms with Gasteiger partial charge in [0.05, 0.1) is 5.69 Å². The molecule has 1 aliphatic rings. The lowest BCUT2D eigenvalue weighted by Crippen LogP contribution is -2.43. The van der Waals surface area contributed by atoms with Crippen LogP contribution in [0.1, 0.15) is 12.8 Å². The van der Waals surface area contributed by atoms with Crippen LogP contribution < -0.4 is 10.6 Å². The van der Waals surface area contributed by atoms with Gasteiger partial charge in [-0.25, -0.2) is 4.39 Å². The summed E-state index contributed by atoms with van der Waals surface area (Å²) in [7, 11) is 0. The molecule has 1 aliphatic heterocycles. The molecule has 0 unspecified atom stereocenters. The molecule has 2 N–H and O–H groups in total. The molecule has 75 valence electrons. The molecule has 14 heavy (non-hydrogen) atoms. The Hall–Kier alpha value is -1.09. The Morgan fingerprint density at radius 3 is 3.14 bits per heavy atom. The van der Waals surface area contributed by atoms with E-state index in [0.29, 0.717) is 5.69 Å². The van der Waals surface area contributed by atoms with Crippen molar-refractivity contribution >= 4 is 5.69 Å². The number of hydrogen-bond donors (Lipinski definition) is 1. The van der Waals surface area contributed by atoms with Gasteiger partial charge in [-0.2, -0.15) is 0 Å². The number of anilines is 1. The number of nitrogens with zero attached hydrogens (tertiary/aromatic N) is 1. The minimum absolute atomic E-state index is 0.164. The summed E-state index contributed by atoms with van der Waals surface area (Å²) in [6.07, 6.45) is 2.06. The Labute approximate surface area is 83.5 Å². The number of nitrogens with two attached hydrogens (primary N) is 1. The lowest BCUT2D eigenvalue weighted by molar-refractivity contribution is 0.497. The number of para-hydroxylation sites is 1. The van der Waals surface area contributed by atoms with E-state index < -0.39 is 0 Å². The first-order valence-corrected chi connectivity index (χ1v) is 4.94. The van der Waals surface area contributed by atoms with E-state index in [2.05, 4.69) is 6.07 Å². The molecule has 0 amide bonds. The molecule has 1 aromatic rings. The summed E-state index contributed by atoms with van der Waals surface area (Å²) in [5.74, 6) is -0.207. The Morgan fingerprint density at radius 2 is 2.43 bits per heavy atom. The molecule has 0 aliphatic carbocycles. The van der Waals surface area contributed by atoms with E-state index in [1.165, 1.54) is 6.07 Å². The van der Waals surface area contributed by atoms with Crippen molar-refractivity contribution in [2.24, 2.45) is 5.73 Å². The van der Waals surface area contributed by atoms with E-state index >= 15 is 0 Å². The van der Waals surface area contributed by atoms with Gasteiger partial charge in [-0.15, -0.1) is 0 Å². The molecule has 2 rings (SSSR count). The molecular weight excluding hydrogens is 179 g/mol. The predicted octanol–water partition coefficient (Wildman–Crippen LogP) is 1.55.